The third-order valence-corrected chi connectivity index (χ3v) is 7.10. The zero-order valence-electron chi connectivity index (χ0n) is 21.5. The van der Waals surface area contributed by atoms with E-state index in [2.05, 4.69) is 15.5 Å². The van der Waals surface area contributed by atoms with Gasteiger partial charge in [0.05, 0.1) is 16.7 Å². The van der Waals surface area contributed by atoms with E-state index in [9.17, 15) is 19.2 Å². The molecular weight excluding hydrogens is 544 g/mol. The molecule has 4 aromatic carbocycles. The maximum absolute atomic E-state index is 12.9. The average molecular weight is 565 g/mol. The normalized spacial score (nSPS) is 12.4. The van der Waals surface area contributed by atoms with Crippen molar-refractivity contribution in [1.29, 1.82) is 0 Å². The number of carbonyl (C=O) groups is 4. The Bertz CT molecular complexity index is 1840. The van der Waals surface area contributed by atoms with Crippen molar-refractivity contribution in [2.45, 2.75) is 6.92 Å². The Balaban J connectivity index is 1.05. The molecule has 1 aliphatic rings. The summed E-state index contributed by atoms with van der Waals surface area (Å²) < 4.78 is 11.2. The van der Waals surface area contributed by atoms with E-state index >= 15 is 0 Å². The molecule has 6 rings (SSSR count). The molecule has 0 radical (unpaired) electrons. The van der Waals surface area contributed by atoms with Crippen molar-refractivity contribution >= 4 is 56.6 Å². The van der Waals surface area contributed by atoms with Gasteiger partial charge in [-0.3, -0.25) is 14.4 Å². The van der Waals surface area contributed by atoms with Crippen molar-refractivity contribution in [2.24, 2.45) is 0 Å². The molecule has 202 valence electrons. The Hall–Kier alpha value is -5.42. The number of hydrogen-bond acceptors (Lipinski definition) is 9. The lowest BCUT2D eigenvalue weighted by molar-refractivity contribution is -0.119. The first-order chi connectivity index (χ1) is 19.9. The van der Waals surface area contributed by atoms with Gasteiger partial charge in [0, 0.05) is 11.1 Å². The van der Waals surface area contributed by atoms with Crippen LogP contribution in [0.4, 0.5) is 10.8 Å². The molecule has 0 saturated heterocycles. The van der Waals surface area contributed by atoms with Crippen LogP contribution in [0.15, 0.2) is 84.9 Å². The van der Waals surface area contributed by atoms with Crippen molar-refractivity contribution in [2.75, 3.05) is 16.8 Å². The Labute approximate surface area is 237 Å². The Morgan fingerprint density at radius 1 is 0.878 bits per heavy atom. The van der Waals surface area contributed by atoms with Crippen molar-refractivity contribution in [1.82, 2.24) is 10.2 Å². The summed E-state index contributed by atoms with van der Waals surface area (Å²) in [6.07, 6.45) is 0. The van der Waals surface area contributed by atoms with Crippen LogP contribution in [0.25, 0.3) is 10.8 Å². The number of aryl methyl sites for hydroxylation is 1. The second-order valence-corrected chi connectivity index (χ2v) is 10.2. The van der Waals surface area contributed by atoms with E-state index in [-0.39, 0.29) is 21.8 Å². The minimum Gasteiger partial charge on any atom is -0.457 e. The van der Waals surface area contributed by atoms with Crippen LogP contribution < -0.4 is 15.0 Å². The van der Waals surface area contributed by atoms with Gasteiger partial charge in [-0.1, -0.05) is 47.7 Å². The van der Waals surface area contributed by atoms with Gasteiger partial charge in [-0.15, -0.1) is 10.2 Å². The number of aromatic nitrogens is 2. The number of imide groups is 1. The van der Waals surface area contributed by atoms with Crippen LogP contribution in [-0.4, -0.2) is 40.5 Å². The first kappa shape index (κ1) is 25.8. The summed E-state index contributed by atoms with van der Waals surface area (Å²) in [5, 5.41) is 13.2. The number of ether oxygens (including phenoxy) is 2. The van der Waals surface area contributed by atoms with Gasteiger partial charge in [-0.25, -0.2) is 9.69 Å². The quantitative estimate of drug-likeness (QED) is 0.206. The van der Waals surface area contributed by atoms with Crippen molar-refractivity contribution in [3.8, 4) is 11.5 Å². The third kappa shape index (κ3) is 5.13. The SMILES string of the molecule is Cc1nnc(N2C(=O)c3ccc(C(=O)OCC(=O)Nc4ccc(Oc5cccc6ccccc56)cc4)cc3C2=O)s1. The molecule has 3 amide bonds. The average Bonchev–Trinajstić information content (AvgIpc) is 3.52. The summed E-state index contributed by atoms with van der Waals surface area (Å²) in [7, 11) is 0. The van der Waals surface area contributed by atoms with Gasteiger partial charge in [0.1, 0.15) is 16.5 Å². The van der Waals surface area contributed by atoms with Crippen LogP contribution in [0.3, 0.4) is 0 Å². The minimum atomic E-state index is -0.813. The predicted octanol–water partition coefficient (Wildman–Crippen LogP) is 5.39. The van der Waals surface area contributed by atoms with E-state index in [0.717, 1.165) is 27.0 Å². The zero-order chi connectivity index (χ0) is 28.5. The fourth-order valence-corrected chi connectivity index (χ4v) is 5.03. The molecule has 1 aromatic heterocycles. The van der Waals surface area contributed by atoms with Crippen LogP contribution in [-0.2, 0) is 9.53 Å². The number of rotatable bonds is 7. The molecule has 11 heteroatoms. The highest BCUT2D eigenvalue weighted by Crippen LogP contribution is 2.32. The first-order valence-electron chi connectivity index (χ1n) is 12.4. The van der Waals surface area contributed by atoms with Crippen LogP contribution in [0.1, 0.15) is 36.1 Å². The number of benzene rings is 4. The molecule has 0 fully saturated rings. The Morgan fingerprint density at radius 2 is 1.63 bits per heavy atom. The number of carbonyl (C=O) groups excluding carboxylic acids is 4. The van der Waals surface area contributed by atoms with Crippen molar-refractivity contribution in [3.05, 3.63) is 107 Å². The van der Waals surface area contributed by atoms with Gasteiger partial charge in [-0.05, 0) is 60.8 Å². The molecule has 0 aliphatic carbocycles. The summed E-state index contributed by atoms with van der Waals surface area (Å²) in [4.78, 5) is 51.5. The number of esters is 1. The van der Waals surface area contributed by atoms with E-state index in [4.69, 9.17) is 9.47 Å². The topological polar surface area (TPSA) is 128 Å². The number of anilines is 2. The van der Waals surface area contributed by atoms with Gasteiger partial charge >= 0.3 is 5.97 Å². The monoisotopic (exact) mass is 564 g/mol. The molecule has 0 bridgehead atoms. The van der Waals surface area contributed by atoms with Crippen molar-refractivity contribution < 1.29 is 28.7 Å². The first-order valence-corrected chi connectivity index (χ1v) is 13.2. The lowest BCUT2D eigenvalue weighted by atomic mass is 10.1. The van der Waals surface area contributed by atoms with E-state index < -0.39 is 30.3 Å². The molecule has 41 heavy (non-hydrogen) atoms. The molecule has 0 spiro atoms. The van der Waals surface area contributed by atoms with E-state index in [1.165, 1.54) is 18.2 Å². The van der Waals surface area contributed by atoms with E-state index in [1.807, 2.05) is 42.5 Å². The van der Waals surface area contributed by atoms with Crippen LogP contribution >= 0.6 is 11.3 Å². The number of hydrogen-bond donors (Lipinski definition) is 1. The van der Waals surface area contributed by atoms with E-state index in [1.54, 1.807) is 31.2 Å². The molecule has 2 heterocycles. The van der Waals surface area contributed by atoms with Crippen LogP contribution in [0.5, 0.6) is 11.5 Å². The lowest BCUT2D eigenvalue weighted by Gasteiger charge is -2.10. The summed E-state index contributed by atoms with van der Waals surface area (Å²) in [5.74, 6) is -1.21. The predicted molar refractivity (Wildman–Crippen MR) is 152 cm³/mol. The zero-order valence-corrected chi connectivity index (χ0v) is 22.3. The van der Waals surface area contributed by atoms with Gasteiger partial charge in [0.15, 0.2) is 6.61 Å². The Kier molecular flexibility index (Phi) is 6.70. The molecule has 0 unspecified atom stereocenters. The molecule has 0 atom stereocenters. The number of nitrogens with zero attached hydrogens (tertiary/aromatic N) is 3. The minimum absolute atomic E-state index is 0.0305. The Morgan fingerprint density at radius 3 is 2.41 bits per heavy atom. The second-order valence-electron chi connectivity index (χ2n) is 9.04. The largest absolute Gasteiger partial charge is 0.457 e. The van der Waals surface area contributed by atoms with Crippen LogP contribution in [0.2, 0.25) is 0 Å². The standard InChI is InChI=1S/C30H20N4O6S/c1-17-32-33-30(41-17)34-27(36)23-14-9-19(15-24(23)28(34)37)29(38)39-16-26(35)31-20-10-12-21(13-11-20)40-25-8-4-6-18-5-2-3-7-22(18)25/h2-15H,16H2,1H3,(H,31,35). The highest BCUT2D eigenvalue weighted by Gasteiger charge is 2.39. The lowest BCUT2D eigenvalue weighted by Crippen LogP contribution is -2.29. The molecule has 5 aromatic rings. The summed E-state index contributed by atoms with van der Waals surface area (Å²) in [6, 6.07) is 24.5. The molecule has 1 aliphatic heterocycles. The summed E-state index contributed by atoms with van der Waals surface area (Å²) >= 11 is 1.11. The van der Waals surface area contributed by atoms with Gasteiger partial charge in [0.2, 0.25) is 5.13 Å². The number of nitrogens with one attached hydrogen (secondary N) is 1. The maximum Gasteiger partial charge on any atom is 0.338 e. The maximum atomic E-state index is 12.9. The third-order valence-electron chi connectivity index (χ3n) is 6.28. The number of amides is 3. The highest BCUT2D eigenvalue weighted by atomic mass is 32.1. The molecular formula is C30H20N4O6S. The van der Waals surface area contributed by atoms with Gasteiger partial charge in [-0.2, -0.15) is 0 Å². The van der Waals surface area contributed by atoms with Crippen molar-refractivity contribution in [3.63, 3.8) is 0 Å². The van der Waals surface area contributed by atoms with Crippen LogP contribution in [0, 0.1) is 6.92 Å². The van der Waals surface area contributed by atoms with Gasteiger partial charge < -0.3 is 14.8 Å². The molecule has 1 N–H and O–H groups in total. The van der Waals surface area contributed by atoms with Gasteiger partial charge in [0.25, 0.3) is 17.7 Å². The summed E-state index contributed by atoms with van der Waals surface area (Å²) in [6.45, 7) is 1.16. The number of fused-ring (bicyclic) bond motifs is 2. The molecule has 10 nitrogen and oxygen atoms in total. The molecule has 0 saturated carbocycles. The summed E-state index contributed by atoms with van der Waals surface area (Å²) in [5.41, 5.74) is 0.713. The smallest absolute Gasteiger partial charge is 0.338 e. The van der Waals surface area contributed by atoms with E-state index in [0.29, 0.717) is 22.2 Å². The fraction of sp³-hybridized carbons (Fsp3) is 0.0667. The second kappa shape index (κ2) is 10.6. The highest BCUT2D eigenvalue weighted by molar-refractivity contribution is 7.15. The fourth-order valence-electron chi connectivity index (χ4n) is 4.35.